The topological polar surface area (TPSA) is 114 Å². The molecular weight excluding hydrogens is 538 g/mol. The number of nitriles is 1. The summed E-state index contributed by atoms with van der Waals surface area (Å²) in [7, 11) is -3.76. The van der Waals surface area contributed by atoms with Crippen molar-refractivity contribution in [3.63, 3.8) is 0 Å². The maximum Gasteiger partial charge on any atom is 0.315 e. The van der Waals surface area contributed by atoms with Gasteiger partial charge in [-0.05, 0) is 73.3 Å². The number of benzene rings is 1. The van der Waals surface area contributed by atoms with Crippen LogP contribution >= 0.6 is 31.9 Å². The van der Waals surface area contributed by atoms with E-state index in [1.54, 1.807) is 17.0 Å². The molecule has 0 spiro atoms. The molecule has 11 heteroatoms. The van der Waals surface area contributed by atoms with E-state index in [9.17, 15) is 18.5 Å². The zero-order chi connectivity index (χ0) is 22.5. The van der Waals surface area contributed by atoms with Gasteiger partial charge in [0.2, 0.25) is 0 Å². The molecule has 30 heavy (non-hydrogen) atoms. The van der Waals surface area contributed by atoms with Gasteiger partial charge >= 0.3 is 6.03 Å². The Morgan fingerprint density at radius 2 is 2.07 bits per heavy atom. The first-order valence-electron chi connectivity index (χ1n) is 9.29. The average Bonchev–Trinajstić information content (AvgIpc) is 3.03. The molecule has 3 N–H and O–H groups in total. The first-order chi connectivity index (χ1) is 13.9. The number of hydrogen-bond acceptors (Lipinski definition) is 5. The van der Waals surface area contributed by atoms with Crippen molar-refractivity contribution in [1.82, 2.24) is 20.3 Å². The smallest absolute Gasteiger partial charge is 0.315 e. The number of nitrogens with one attached hydrogen (secondary N) is 3. The zero-order valence-corrected chi connectivity index (χ0v) is 21.0. The summed E-state index contributed by atoms with van der Waals surface area (Å²) < 4.78 is 28.8. The van der Waals surface area contributed by atoms with Gasteiger partial charge in [0.05, 0.1) is 6.54 Å². The summed E-state index contributed by atoms with van der Waals surface area (Å²) >= 11 is 6.53. The second kappa shape index (κ2) is 10.0. The Morgan fingerprint density at radius 3 is 2.70 bits per heavy atom. The highest BCUT2D eigenvalue weighted by atomic mass is 79.9. The third-order valence-corrected chi connectivity index (χ3v) is 7.09. The largest absolute Gasteiger partial charge is 0.338 e. The van der Waals surface area contributed by atoms with Crippen molar-refractivity contribution in [1.29, 1.82) is 5.26 Å². The Bertz CT molecular complexity index is 967. The van der Waals surface area contributed by atoms with Gasteiger partial charge in [-0.15, -0.1) is 0 Å². The third-order valence-electron chi connectivity index (χ3n) is 4.29. The van der Waals surface area contributed by atoms with Crippen LogP contribution in [0.2, 0.25) is 0 Å². The number of carbonyl (C=O) groups is 1. The molecule has 1 atom stereocenters. The number of sulfonamides is 1. The molecular formula is C19H25Br2N5O3S. The second-order valence-electron chi connectivity index (χ2n) is 8.00. The van der Waals surface area contributed by atoms with E-state index in [0.717, 1.165) is 5.57 Å². The van der Waals surface area contributed by atoms with Crippen molar-refractivity contribution in [2.75, 3.05) is 13.1 Å². The van der Waals surface area contributed by atoms with Crippen LogP contribution in [0.25, 0.3) is 0 Å². The van der Waals surface area contributed by atoms with Crippen LogP contribution in [0.4, 0.5) is 4.79 Å². The summed E-state index contributed by atoms with van der Waals surface area (Å²) in [5.74, 6) is 0. The molecule has 1 heterocycles. The molecule has 1 aromatic rings. The molecule has 164 valence electrons. The van der Waals surface area contributed by atoms with Gasteiger partial charge in [-0.2, -0.15) is 5.26 Å². The summed E-state index contributed by atoms with van der Waals surface area (Å²) in [5.41, 5.74) is 0.474. The number of rotatable bonds is 6. The van der Waals surface area contributed by atoms with E-state index >= 15 is 0 Å². The van der Waals surface area contributed by atoms with Crippen molar-refractivity contribution < 1.29 is 13.2 Å². The highest BCUT2D eigenvalue weighted by Crippen LogP contribution is 2.27. The first kappa shape index (κ1) is 24.5. The standard InChI is InChI=1S/C19H25Br2N5O3S/c1-19(2,3)25-18(27)23-7-6-15-8-13(11-26(15)12-22)10-24-30(28,29)17-9-14(20)4-5-16(17)21/h4-5,9-10,15,24H,6-8,11H2,1-3H3,(H2,23,25,27)/t15-/m0/s1. The quantitative estimate of drug-likeness (QED) is 0.460. The van der Waals surface area contributed by atoms with Crippen molar-refractivity contribution >= 4 is 47.9 Å². The van der Waals surface area contributed by atoms with Gasteiger partial charge in [-0.3, -0.25) is 4.72 Å². The fourth-order valence-electron chi connectivity index (χ4n) is 2.95. The Hall–Kier alpha value is -1.77. The minimum absolute atomic E-state index is 0.0988. The number of halogens is 2. The molecule has 1 aliphatic heterocycles. The zero-order valence-electron chi connectivity index (χ0n) is 17.0. The maximum atomic E-state index is 12.6. The van der Waals surface area contributed by atoms with Gasteiger partial charge in [0.1, 0.15) is 4.90 Å². The van der Waals surface area contributed by atoms with Gasteiger partial charge in [-0.1, -0.05) is 15.9 Å². The number of urea groups is 1. The summed E-state index contributed by atoms with van der Waals surface area (Å²) in [6.45, 7) is 6.44. The number of nitrogens with zero attached hydrogens (tertiary/aromatic N) is 2. The van der Waals surface area contributed by atoms with E-state index < -0.39 is 10.0 Å². The Balaban J connectivity index is 1.97. The molecule has 0 bridgehead atoms. The fraction of sp³-hybridized carbons (Fsp3) is 0.474. The Morgan fingerprint density at radius 1 is 1.37 bits per heavy atom. The molecule has 1 fully saturated rings. The van der Waals surface area contributed by atoms with E-state index in [1.165, 1.54) is 12.3 Å². The van der Waals surface area contributed by atoms with Gasteiger partial charge < -0.3 is 15.5 Å². The highest BCUT2D eigenvalue weighted by Gasteiger charge is 2.28. The number of amides is 2. The number of hydrogen-bond donors (Lipinski definition) is 3. The summed E-state index contributed by atoms with van der Waals surface area (Å²) in [5, 5.41) is 15.0. The van der Waals surface area contributed by atoms with Crippen molar-refractivity contribution in [2.24, 2.45) is 0 Å². The second-order valence-corrected chi connectivity index (χ2v) is 11.5. The molecule has 8 nitrogen and oxygen atoms in total. The molecule has 2 rings (SSSR count). The van der Waals surface area contributed by atoms with E-state index in [4.69, 9.17) is 0 Å². The lowest BCUT2D eigenvalue weighted by Gasteiger charge is -2.22. The molecule has 0 saturated carbocycles. The predicted octanol–water partition coefficient (Wildman–Crippen LogP) is 3.42. The van der Waals surface area contributed by atoms with Crippen LogP contribution in [0, 0.1) is 11.5 Å². The molecule has 0 radical (unpaired) electrons. The van der Waals surface area contributed by atoms with E-state index in [0.29, 0.717) is 34.9 Å². The molecule has 1 aliphatic rings. The van der Waals surface area contributed by atoms with Gasteiger partial charge in [0, 0.05) is 33.3 Å². The van der Waals surface area contributed by atoms with E-state index in [1.807, 2.05) is 20.8 Å². The van der Waals surface area contributed by atoms with E-state index in [-0.39, 0.29) is 22.5 Å². The van der Waals surface area contributed by atoms with Crippen LogP contribution in [0.3, 0.4) is 0 Å². The first-order valence-corrected chi connectivity index (χ1v) is 12.4. The van der Waals surface area contributed by atoms with Crippen LogP contribution in [0.5, 0.6) is 0 Å². The monoisotopic (exact) mass is 561 g/mol. The summed E-state index contributed by atoms with van der Waals surface area (Å²) in [6, 6.07) is 4.55. The molecule has 1 aromatic carbocycles. The van der Waals surface area contributed by atoms with Gasteiger partial charge in [0.15, 0.2) is 6.19 Å². The Kier molecular flexibility index (Phi) is 8.19. The predicted molar refractivity (Wildman–Crippen MR) is 122 cm³/mol. The van der Waals surface area contributed by atoms with Crippen molar-refractivity contribution in [3.8, 4) is 6.19 Å². The van der Waals surface area contributed by atoms with Crippen molar-refractivity contribution in [3.05, 3.63) is 38.9 Å². The third kappa shape index (κ3) is 7.18. The van der Waals surface area contributed by atoms with Crippen molar-refractivity contribution in [2.45, 2.75) is 50.1 Å². The highest BCUT2D eigenvalue weighted by molar-refractivity contribution is 9.11. The molecule has 2 amide bonds. The van der Waals surface area contributed by atoms with Crippen LogP contribution in [-0.4, -0.2) is 44.0 Å². The van der Waals surface area contributed by atoms with Gasteiger partial charge in [-0.25, -0.2) is 13.2 Å². The van der Waals surface area contributed by atoms with Gasteiger partial charge in [0.25, 0.3) is 10.0 Å². The minimum atomic E-state index is -3.76. The fourth-order valence-corrected chi connectivity index (χ4v) is 5.40. The Labute approximate surface area is 194 Å². The van der Waals surface area contributed by atoms with E-state index in [2.05, 4.69) is 53.4 Å². The molecule has 0 aliphatic carbocycles. The van der Waals surface area contributed by atoms with Crippen LogP contribution in [0.15, 0.2) is 43.8 Å². The average molecular weight is 563 g/mol. The van der Waals surface area contributed by atoms with Crippen LogP contribution in [-0.2, 0) is 10.0 Å². The van der Waals surface area contributed by atoms with Crippen LogP contribution < -0.4 is 15.4 Å². The molecule has 1 saturated heterocycles. The summed E-state index contributed by atoms with van der Waals surface area (Å²) in [4.78, 5) is 13.6. The molecule has 0 unspecified atom stereocenters. The lowest BCUT2D eigenvalue weighted by atomic mass is 10.1. The normalized spacial score (nSPS) is 18.2. The van der Waals surface area contributed by atoms with Crippen LogP contribution in [0.1, 0.15) is 33.6 Å². The molecule has 0 aromatic heterocycles. The SMILES string of the molecule is CC(C)(C)NC(=O)NCC[C@H]1CC(=CNS(=O)(=O)c2cc(Br)ccc2Br)CN1C#N. The lowest BCUT2D eigenvalue weighted by molar-refractivity contribution is 0.230. The minimum Gasteiger partial charge on any atom is -0.338 e. The number of likely N-dealkylation sites (tertiary alicyclic amines) is 1. The number of carbonyl (C=O) groups excluding carboxylic acids is 1. The maximum absolute atomic E-state index is 12.6. The lowest BCUT2D eigenvalue weighted by Crippen LogP contribution is -2.47. The summed E-state index contributed by atoms with van der Waals surface area (Å²) in [6.07, 6.45) is 4.71.